The predicted molar refractivity (Wildman–Crippen MR) is 74.7 cm³/mol. The number of piperidine rings is 1. The smallest absolute Gasteiger partial charge is 0.243 e. The van der Waals surface area contributed by atoms with Gasteiger partial charge in [-0.3, -0.25) is 0 Å². The first-order valence-corrected chi connectivity index (χ1v) is 7.99. The summed E-state index contributed by atoms with van der Waals surface area (Å²) >= 11 is 0. The van der Waals surface area contributed by atoms with Gasteiger partial charge >= 0.3 is 0 Å². The van der Waals surface area contributed by atoms with Crippen LogP contribution in [0, 0.1) is 13.8 Å². The normalized spacial score (nSPS) is 18.7. The molecule has 0 amide bonds. The van der Waals surface area contributed by atoms with Gasteiger partial charge in [0, 0.05) is 20.2 Å². The van der Waals surface area contributed by atoms with Crippen LogP contribution >= 0.6 is 0 Å². The van der Waals surface area contributed by atoms with E-state index in [1.54, 1.807) is 17.5 Å². The average molecular weight is 283 g/mol. The second-order valence-electron chi connectivity index (χ2n) is 5.11. The Labute approximate surface area is 115 Å². The molecule has 0 aromatic heterocycles. The standard InChI is InChI=1S/C14H21NO3S/c1-11-4-5-14(12(2)10-11)19(16,17)15-8-6-13(18-3)7-9-15/h4-5,10,13H,6-9H2,1-3H3. The van der Waals surface area contributed by atoms with Gasteiger partial charge in [-0.15, -0.1) is 0 Å². The van der Waals surface area contributed by atoms with E-state index in [2.05, 4.69) is 0 Å². The maximum atomic E-state index is 12.6. The summed E-state index contributed by atoms with van der Waals surface area (Å²) in [5.41, 5.74) is 1.89. The maximum absolute atomic E-state index is 12.6. The summed E-state index contributed by atoms with van der Waals surface area (Å²) in [6, 6.07) is 5.47. The first-order valence-electron chi connectivity index (χ1n) is 6.55. The fraction of sp³-hybridized carbons (Fsp3) is 0.571. The number of methoxy groups -OCH3 is 1. The predicted octanol–water partition coefficient (Wildman–Crippen LogP) is 2.10. The van der Waals surface area contributed by atoms with E-state index >= 15 is 0 Å². The van der Waals surface area contributed by atoms with E-state index in [4.69, 9.17) is 4.74 Å². The molecule has 5 heteroatoms. The van der Waals surface area contributed by atoms with Crippen molar-refractivity contribution in [2.45, 2.75) is 37.7 Å². The zero-order valence-corrected chi connectivity index (χ0v) is 12.5. The second kappa shape index (κ2) is 5.61. The van der Waals surface area contributed by atoms with Gasteiger partial charge in [0.1, 0.15) is 0 Å². The number of nitrogens with zero attached hydrogens (tertiary/aromatic N) is 1. The average Bonchev–Trinajstić information content (AvgIpc) is 2.38. The van der Waals surface area contributed by atoms with Gasteiger partial charge in [0.15, 0.2) is 0 Å². The molecule has 1 fully saturated rings. The lowest BCUT2D eigenvalue weighted by Gasteiger charge is -2.30. The van der Waals surface area contributed by atoms with Crippen LogP contribution in [0.2, 0.25) is 0 Å². The van der Waals surface area contributed by atoms with Crippen LogP contribution in [-0.2, 0) is 14.8 Å². The molecule has 4 nitrogen and oxygen atoms in total. The first-order chi connectivity index (χ1) is 8.95. The molecular formula is C14H21NO3S. The molecular weight excluding hydrogens is 262 g/mol. The molecule has 0 spiro atoms. The summed E-state index contributed by atoms with van der Waals surface area (Å²) in [6.45, 7) is 4.89. The van der Waals surface area contributed by atoms with Gasteiger partial charge in [-0.25, -0.2) is 8.42 Å². The summed E-state index contributed by atoms with van der Waals surface area (Å²) in [7, 11) is -1.68. The molecule has 1 aromatic rings. The number of ether oxygens (including phenoxy) is 1. The largest absolute Gasteiger partial charge is 0.381 e. The van der Waals surface area contributed by atoms with Gasteiger partial charge in [0.2, 0.25) is 10.0 Å². The van der Waals surface area contributed by atoms with Crippen molar-refractivity contribution in [2.75, 3.05) is 20.2 Å². The van der Waals surface area contributed by atoms with Crippen molar-refractivity contribution in [1.29, 1.82) is 0 Å². The number of hydrogen-bond acceptors (Lipinski definition) is 3. The van der Waals surface area contributed by atoms with Crippen LogP contribution in [0.25, 0.3) is 0 Å². The van der Waals surface area contributed by atoms with E-state index in [-0.39, 0.29) is 6.10 Å². The van der Waals surface area contributed by atoms with Crippen LogP contribution in [-0.4, -0.2) is 39.0 Å². The van der Waals surface area contributed by atoms with E-state index in [1.807, 2.05) is 26.0 Å². The molecule has 0 N–H and O–H groups in total. The van der Waals surface area contributed by atoms with E-state index in [0.717, 1.165) is 24.0 Å². The Kier molecular flexibility index (Phi) is 4.28. The van der Waals surface area contributed by atoms with Crippen molar-refractivity contribution in [2.24, 2.45) is 0 Å². The third-order valence-electron chi connectivity index (χ3n) is 3.68. The second-order valence-corrected chi connectivity index (χ2v) is 7.01. The number of hydrogen-bond donors (Lipinski definition) is 0. The number of aryl methyl sites for hydroxylation is 2. The van der Waals surface area contributed by atoms with Crippen LogP contribution in [0.15, 0.2) is 23.1 Å². The molecule has 1 heterocycles. The van der Waals surface area contributed by atoms with E-state index in [9.17, 15) is 8.42 Å². The van der Waals surface area contributed by atoms with Crippen molar-refractivity contribution >= 4 is 10.0 Å². The highest BCUT2D eigenvalue weighted by Gasteiger charge is 2.30. The minimum Gasteiger partial charge on any atom is -0.381 e. The third kappa shape index (κ3) is 2.99. The molecule has 0 bridgehead atoms. The summed E-state index contributed by atoms with van der Waals surface area (Å²) in [4.78, 5) is 0.425. The molecule has 1 saturated heterocycles. The Morgan fingerprint density at radius 1 is 1.21 bits per heavy atom. The van der Waals surface area contributed by atoms with Crippen molar-refractivity contribution in [3.8, 4) is 0 Å². The molecule has 19 heavy (non-hydrogen) atoms. The minimum atomic E-state index is -3.36. The monoisotopic (exact) mass is 283 g/mol. The zero-order chi connectivity index (χ0) is 14.0. The first kappa shape index (κ1) is 14.5. The van der Waals surface area contributed by atoms with Gasteiger partial charge in [-0.1, -0.05) is 17.7 Å². The Hall–Kier alpha value is -0.910. The summed E-state index contributed by atoms with van der Waals surface area (Å²) in [5, 5.41) is 0. The summed E-state index contributed by atoms with van der Waals surface area (Å²) in [6.07, 6.45) is 1.71. The third-order valence-corrected chi connectivity index (χ3v) is 5.74. The van der Waals surface area contributed by atoms with Crippen molar-refractivity contribution in [1.82, 2.24) is 4.31 Å². The lowest BCUT2D eigenvalue weighted by Crippen LogP contribution is -2.40. The fourth-order valence-corrected chi connectivity index (χ4v) is 4.21. The van der Waals surface area contributed by atoms with Gasteiger partial charge in [0.25, 0.3) is 0 Å². The van der Waals surface area contributed by atoms with Crippen LogP contribution in [0.1, 0.15) is 24.0 Å². The van der Waals surface area contributed by atoms with E-state index < -0.39 is 10.0 Å². The molecule has 0 atom stereocenters. The number of benzene rings is 1. The van der Waals surface area contributed by atoms with Gasteiger partial charge in [0.05, 0.1) is 11.0 Å². The summed E-state index contributed by atoms with van der Waals surface area (Å²) in [5.74, 6) is 0. The molecule has 1 aromatic carbocycles. The van der Waals surface area contributed by atoms with E-state index in [0.29, 0.717) is 18.0 Å². The fourth-order valence-electron chi connectivity index (χ4n) is 2.54. The highest BCUT2D eigenvalue weighted by Crippen LogP contribution is 2.24. The topological polar surface area (TPSA) is 46.6 Å². The molecule has 0 radical (unpaired) electrons. The number of sulfonamides is 1. The number of rotatable bonds is 3. The molecule has 1 aliphatic heterocycles. The molecule has 2 rings (SSSR count). The van der Waals surface area contributed by atoms with Gasteiger partial charge < -0.3 is 4.74 Å². The molecule has 0 unspecified atom stereocenters. The molecule has 106 valence electrons. The highest BCUT2D eigenvalue weighted by atomic mass is 32.2. The van der Waals surface area contributed by atoms with Crippen LogP contribution in [0.5, 0.6) is 0 Å². The van der Waals surface area contributed by atoms with E-state index in [1.165, 1.54) is 0 Å². The van der Waals surface area contributed by atoms with Crippen molar-refractivity contribution in [3.63, 3.8) is 0 Å². The summed E-state index contributed by atoms with van der Waals surface area (Å²) < 4.78 is 32.0. The molecule has 0 saturated carbocycles. The Morgan fingerprint density at radius 2 is 1.84 bits per heavy atom. The van der Waals surface area contributed by atoms with Crippen LogP contribution in [0.3, 0.4) is 0 Å². The Morgan fingerprint density at radius 3 is 2.37 bits per heavy atom. The minimum absolute atomic E-state index is 0.186. The zero-order valence-electron chi connectivity index (χ0n) is 11.7. The van der Waals surface area contributed by atoms with Gasteiger partial charge in [-0.2, -0.15) is 4.31 Å². The lowest BCUT2D eigenvalue weighted by molar-refractivity contribution is 0.0604. The SMILES string of the molecule is COC1CCN(S(=O)(=O)c2ccc(C)cc2C)CC1. The molecule has 1 aliphatic rings. The maximum Gasteiger partial charge on any atom is 0.243 e. The van der Waals surface area contributed by atoms with Crippen LogP contribution in [0.4, 0.5) is 0 Å². The molecule has 0 aliphatic carbocycles. The Balaban J connectivity index is 2.23. The van der Waals surface area contributed by atoms with Crippen molar-refractivity contribution < 1.29 is 13.2 Å². The highest BCUT2D eigenvalue weighted by molar-refractivity contribution is 7.89. The lowest BCUT2D eigenvalue weighted by atomic mass is 10.1. The quantitative estimate of drug-likeness (QED) is 0.853. The van der Waals surface area contributed by atoms with Gasteiger partial charge in [-0.05, 0) is 38.3 Å². The van der Waals surface area contributed by atoms with Crippen LogP contribution < -0.4 is 0 Å². The van der Waals surface area contributed by atoms with Crippen molar-refractivity contribution in [3.05, 3.63) is 29.3 Å². The Bertz CT molecular complexity index is 546.